The maximum atomic E-state index is 5.09. The van der Waals surface area contributed by atoms with Gasteiger partial charge in [-0.2, -0.15) is 0 Å². The fourth-order valence-corrected chi connectivity index (χ4v) is 1.72. The van der Waals surface area contributed by atoms with Crippen molar-refractivity contribution in [2.24, 2.45) is 0 Å². The standard InChI is InChI=1S/C10H20N2S.C2H6/c1-10(13)11(2)8-9-12-6-4-3-5-7-12;1-2/h3-9H2,1-2H3;1-2H3. The first-order chi connectivity index (χ1) is 7.20. The normalized spacial score (nSPS) is 16.5. The van der Waals surface area contributed by atoms with Gasteiger partial charge in [-0.1, -0.05) is 32.5 Å². The van der Waals surface area contributed by atoms with Crippen LogP contribution in [-0.2, 0) is 0 Å². The summed E-state index contributed by atoms with van der Waals surface area (Å²) in [5.74, 6) is 0. The zero-order valence-corrected chi connectivity index (χ0v) is 11.6. The molecule has 0 atom stereocenters. The second-order valence-corrected chi connectivity index (χ2v) is 4.43. The van der Waals surface area contributed by atoms with E-state index in [0.717, 1.165) is 11.5 Å². The lowest BCUT2D eigenvalue weighted by Gasteiger charge is -2.28. The molecule has 3 heteroatoms. The lowest BCUT2D eigenvalue weighted by molar-refractivity contribution is 0.217. The molecule has 0 N–H and O–H groups in total. The molecule has 0 saturated carbocycles. The average Bonchev–Trinajstić information content (AvgIpc) is 2.30. The zero-order chi connectivity index (χ0) is 11.7. The van der Waals surface area contributed by atoms with Crippen molar-refractivity contribution >= 4 is 17.2 Å². The van der Waals surface area contributed by atoms with Gasteiger partial charge in [0.15, 0.2) is 0 Å². The Morgan fingerprint density at radius 1 is 1.20 bits per heavy atom. The molecule has 1 aliphatic rings. The molecule has 1 rings (SSSR count). The molecule has 0 aromatic carbocycles. The van der Waals surface area contributed by atoms with Gasteiger partial charge in [-0.05, 0) is 32.9 Å². The fourth-order valence-electron chi connectivity index (χ4n) is 1.63. The van der Waals surface area contributed by atoms with E-state index in [0.29, 0.717) is 0 Å². The van der Waals surface area contributed by atoms with Gasteiger partial charge in [0.2, 0.25) is 0 Å². The van der Waals surface area contributed by atoms with Crippen molar-refractivity contribution < 1.29 is 0 Å². The highest BCUT2D eigenvalue weighted by molar-refractivity contribution is 7.80. The summed E-state index contributed by atoms with van der Waals surface area (Å²) in [7, 11) is 2.08. The Hall–Kier alpha value is -0.150. The van der Waals surface area contributed by atoms with Crippen molar-refractivity contribution in [1.29, 1.82) is 0 Å². The number of piperidine rings is 1. The van der Waals surface area contributed by atoms with Crippen molar-refractivity contribution in [2.45, 2.75) is 40.0 Å². The van der Waals surface area contributed by atoms with Crippen molar-refractivity contribution in [3.63, 3.8) is 0 Å². The summed E-state index contributed by atoms with van der Waals surface area (Å²) in [4.78, 5) is 5.69. The minimum absolute atomic E-state index is 0.997. The number of likely N-dealkylation sites (N-methyl/N-ethyl adjacent to an activating group) is 1. The number of likely N-dealkylation sites (tertiary alicyclic amines) is 1. The van der Waals surface area contributed by atoms with Crippen molar-refractivity contribution in [3.05, 3.63) is 0 Å². The van der Waals surface area contributed by atoms with E-state index >= 15 is 0 Å². The topological polar surface area (TPSA) is 6.48 Å². The summed E-state index contributed by atoms with van der Waals surface area (Å²) < 4.78 is 0. The van der Waals surface area contributed by atoms with Gasteiger partial charge in [0, 0.05) is 20.1 Å². The molecule has 90 valence electrons. The van der Waals surface area contributed by atoms with Gasteiger partial charge in [-0.15, -0.1) is 0 Å². The Balaban J connectivity index is 0.000000921. The predicted octanol–water partition coefficient (Wildman–Crippen LogP) is 2.78. The van der Waals surface area contributed by atoms with Gasteiger partial charge in [-0.25, -0.2) is 0 Å². The Bertz CT molecular complexity index is 165. The first kappa shape index (κ1) is 14.8. The van der Waals surface area contributed by atoms with Gasteiger partial charge in [0.1, 0.15) is 0 Å². The molecular weight excluding hydrogens is 204 g/mol. The number of hydrogen-bond donors (Lipinski definition) is 0. The van der Waals surface area contributed by atoms with Crippen molar-refractivity contribution in [3.8, 4) is 0 Å². The van der Waals surface area contributed by atoms with Crippen LogP contribution in [0.2, 0.25) is 0 Å². The van der Waals surface area contributed by atoms with E-state index < -0.39 is 0 Å². The molecule has 2 nitrogen and oxygen atoms in total. The molecular formula is C12H26N2S. The predicted molar refractivity (Wildman–Crippen MR) is 72.5 cm³/mol. The Kier molecular flexibility index (Phi) is 9.01. The van der Waals surface area contributed by atoms with Gasteiger partial charge < -0.3 is 9.80 Å². The summed E-state index contributed by atoms with van der Waals surface area (Å²) in [6.45, 7) is 10.8. The lowest BCUT2D eigenvalue weighted by atomic mass is 10.1. The summed E-state index contributed by atoms with van der Waals surface area (Å²) in [6.07, 6.45) is 4.17. The largest absolute Gasteiger partial charge is 0.368 e. The first-order valence-corrected chi connectivity index (χ1v) is 6.55. The second-order valence-electron chi connectivity index (χ2n) is 3.84. The third-order valence-corrected chi connectivity index (χ3v) is 3.05. The summed E-state index contributed by atoms with van der Waals surface area (Å²) in [6, 6.07) is 0. The van der Waals surface area contributed by atoms with Gasteiger partial charge in [0.25, 0.3) is 0 Å². The van der Waals surface area contributed by atoms with E-state index in [2.05, 4.69) is 16.8 Å². The van der Waals surface area contributed by atoms with Crippen LogP contribution in [0.3, 0.4) is 0 Å². The Morgan fingerprint density at radius 3 is 2.20 bits per heavy atom. The highest BCUT2D eigenvalue weighted by Crippen LogP contribution is 2.07. The molecule has 0 amide bonds. The third-order valence-electron chi connectivity index (χ3n) is 2.74. The molecule has 0 aromatic rings. The van der Waals surface area contributed by atoms with Crippen LogP contribution in [0.5, 0.6) is 0 Å². The quantitative estimate of drug-likeness (QED) is 0.688. The molecule has 1 saturated heterocycles. The van der Waals surface area contributed by atoms with Gasteiger partial charge in [0.05, 0.1) is 4.99 Å². The molecule has 0 aromatic heterocycles. The minimum atomic E-state index is 0.997. The van der Waals surface area contributed by atoms with Crippen molar-refractivity contribution in [2.75, 3.05) is 33.2 Å². The molecule has 15 heavy (non-hydrogen) atoms. The first-order valence-electron chi connectivity index (χ1n) is 6.14. The monoisotopic (exact) mass is 230 g/mol. The van der Waals surface area contributed by atoms with Crippen LogP contribution >= 0.6 is 12.2 Å². The summed E-state index contributed by atoms with van der Waals surface area (Å²) in [5, 5.41) is 0. The zero-order valence-electron chi connectivity index (χ0n) is 10.8. The van der Waals surface area contributed by atoms with E-state index in [1.165, 1.54) is 38.9 Å². The number of nitrogens with zero attached hydrogens (tertiary/aromatic N) is 2. The third kappa shape index (κ3) is 6.85. The lowest BCUT2D eigenvalue weighted by Crippen LogP contribution is -2.37. The van der Waals surface area contributed by atoms with E-state index in [9.17, 15) is 0 Å². The second kappa shape index (κ2) is 9.10. The number of thiocarbonyl (C=S) groups is 1. The molecule has 1 fully saturated rings. The van der Waals surface area contributed by atoms with E-state index in [1.807, 2.05) is 20.8 Å². The fraction of sp³-hybridized carbons (Fsp3) is 0.917. The molecule has 0 spiro atoms. The average molecular weight is 230 g/mol. The van der Waals surface area contributed by atoms with Crippen LogP contribution in [0.15, 0.2) is 0 Å². The molecule has 0 radical (unpaired) electrons. The van der Waals surface area contributed by atoms with E-state index in [1.54, 1.807) is 0 Å². The summed E-state index contributed by atoms with van der Waals surface area (Å²) >= 11 is 5.09. The van der Waals surface area contributed by atoms with Crippen LogP contribution in [0.25, 0.3) is 0 Å². The molecule has 1 aliphatic heterocycles. The number of hydrogen-bond acceptors (Lipinski definition) is 2. The van der Waals surface area contributed by atoms with Crippen LogP contribution in [0.1, 0.15) is 40.0 Å². The van der Waals surface area contributed by atoms with Gasteiger partial charge >= 0.3 is 0 Å². The highest BCUT2D eigenvalue weighted by Gasteiger charge is 2.10. The molecule has 0 unspecified atom stereocenters. The van der Waals surface area contributed by atoms with E-state index in [4.69, 9.17) is 12.2 Å². The molecule has 0 aliphatic carbocycles. The highest BCUT2D eigenvalue weighted by atomic mass is 32.1. The molecule has 1 heterocycles. The molecule has 0 bridgehead atoms. The van der Waals surface area contributed by atoms with Crippen LogP contribution in [0.4, 0.5) is 0 Å². The minimum Gasteiger partial charge on any atom is -0.368 e. The smallest absolute Gasteiger partial charge is 0.0745 e. The maximum Gasteiger partial charge on any atom is 0.0745 e. The maximum absolute atomic E-state index is 5.09. The summed E-state index contributed by atoms with van der Waals surface area (Å²) in [5.41, 5.74) is 0. The van der Waals surface area contributed by atoms with Crippen LogP contribution in [0, 0.1) is 0 Å². The van der Waals surface area contributed by atoms with E-state index in [-0.39, 0.29) is 0 Å². The van der Waals surface area contributed by atoms with Crippen LogP contribution in [-0.4, -0.2) is 48.0 Å². The van der Waals surface area contributed by atoms with Crippen molar-refractivity contribution in [1.82, 2.24) is 9.80 Å². The van der Waals surface area contributed by atoms with Crippen LogP contribution < -0.4 is 0 Å². The SMILES string of the molecule is CC.CC(=S)N(C)CCN1CCCCC1. The Morgan fingerprint density at radius 2 is 1.73 bits per heavy atom. The Labute approximate surface area is 101 Å². The number of rotatable bonds is 3. The van der Waals surface area contributed by atoms with Gasteiger partial charge in [-0.3, -0.25) is 0 Å².